The first kappa shape index (κ1) is 14.6. The predicted molar refractivity (Wildman–Crippen MR) is 85.9 cm³/mol. The Morgan fingerprint density at radius 2 is 2.09 bits per heavy atom. The number of hydrogen-bond acceptors (Lipinski definition) is 4. The molecule has 3 aromatic rings. The van der Waals surface area contributed by atoms with Gasteiger partial charge in [-0.05, 0) is 24.3 Å². The third-order valence-corrected chi connectivity index (χ3v) is 3.47. The van der Waals surface area contributed by atoms with Gasteiger partial charge in [0.2, 0.25) is 0 Å². The first-order chi connectivity index (χ1) is 11.1. The van der Waals surface area contributed by atoms with Crippen LogP contribution in [0.5, 0.6) is 5.75 Å². The molecule has 2 aromatic carbocycles. The number of aromatic nitrogens is 1. The van der Waals surface area contributed by atoms with Gasteiger partial charge in [-0.1, -0.05) is 12.1 Å². The van der Waals surface area contributed by atoms with E-state index in [-0.39, 0.29) is 17.3 Å². The summed E-state index contributed by atoms with van der Waals surface area (Å²) < 4.78 is 4.94. The van der Waals surface area contributed by atoms with Crippen molar-refractivity contribution in [3.8, 4) is 5.75 Å². The number of nitrogens with zero attached hydrogens (tertiary/aromatic N) is 1. The number of anilines is 1. The molecule has 0 fully saturated rings. The van der Waals surface area contributed by atoms with Crippen LogP contribution in [-0.4, -0.2) is 22.9 Å². The summed E-state index contributed by atoms with van der Waals surface area (Å²) in [4.78, 5) is 25.9. The average Bonchev–Trinajstić information content (AvgIpc) is 3.03. The predicted octanol–water partition coefficient (Wildman–Crippen LogP) is 3.34. The van der Waals surface area contributed by atoms with Crippen LogP contribution in [0.3, 0.4) is 0 Å². The van der Waals surface area contributed by atoms with Gasteiger partial charge in [0.25, 0.3) is 5.91 Å². The van der Waals surface area contributed by atoms with Crippen LogP contribution in [-0.2, 0) is 0 Å². The lowest BCUT2D eigenvalue weighted by atomic mass is 10.1. The number of methoxy groups -OCH3 is 1. The van der Waals surface area contributed by atoms with Gasteiger partial charge in [0.05, 0.1) is 23.1 Å². The fraction of sp³-hybridized carbons (Fsp3) is 0.0625. The molecule has 0 aliphatic rings. The molecule has 1 heterocycles. The van der Waals surface area contributed by atoms with Gasteiger partial charge in [-0.3, -0.25) is 14.9 Å². The molecule has 0 spiro atoms. The Labute approximate surface area is 131 Å². The van der Waals surface area contributed by atoms with Gasteiger partial charge in [-0.25, -0.2) is 0 Å². The first-order valence-electron chi connectivity index (χ1n) is 6.80. The molecule has 1 amide bonds. The van der Waals surface area contributed by atoms with Gasteiger partial charge in [0.15, 0.2) is 5.75 Å². The van der Waals surface area contributed by atoms with E-state index in [1.54, 1.807) is 24.4 Å². The van der Waals surface area contributed by atoms with E-state index in [0.29, 0.717) is 16.8 Å². The number of para-hydroxylation sites is 1. The molecular formula is C16H13N3O4. The normalized spacial score (nSPS) is 10.5. The fourth-order valence-corrected chi connectivity index (χ4v) is 2.38. The van der Waals surface area contributed by atoms with Crippen LogP contribution >= 0.6 is 0 Å². The van der Waals surface area contributed by atoms with Crippen LogP contribution in [0.2, 0.25) is 0 Å². The Bertz CT molecular complexity index is 901. The first-order valence-corrected chi connectivity index (χ1v) is 6.80. The Kier molecular flexibility index (Phi) is 3.68. The second kappa shape index (κ2) is 5.80. The molecule has 7 nitrogen and oxygen atoms in total. The van der Waals surface area contributed by atoms with Crippen molar-refractivity contribution < 1.29 is 14.5 Å². The highest BCUT2D eigenvalue weighted by Crippen LogP contribution is 2.30. The lowest BCUT2D eigenvalue weighted by Gasteiger charge is -2.08. The molecule has 2 N–H and O–H groups in total. The van der Waals surface area contributed by atoms with Crippen molar-refractivity contribution >= 4 is 28.2 Å². The molecular weight excluding hydrogens is 298 g/mol. The number of ether oxygens (including phenoxy) is 1. The molecule has 0 radical (unpaired) electrons. The highest BCUT2D eigenvalue weighted by Gasteiger charge is 2.17. The van der Waals surface area contributed by atoms with Crippen LogP contribution in [0.1, 0.15) is 10.4 Å². The van der Waals surface area contributed by atoms with E-state index in [2.05, 4.69) is 10.3 Å². The third-order valence-electron chi connectivity index (χ3n) is 3.47. The van der Waals surface area contributed by atoms with E-state index in [9.17, 15) is 14.9 Å². The van der Waals surface area contributed by atoms with E-state index < -0.39 is 4.92 Å². The standard InChI is InChI=1S/C16H13N3O4/c1-23-14-6-5-11(9-13(14)19(21)22)18-16(20)12-4-2-3-10-7-8-17-15(10)12/h2-9,17H,1H3,(H,18,20). The summed E-state index contributed by atoms with van der Waals surface area (Å²) in [7, 11) is 1.35. The molecule has 0 saturated heterocycles. The minimum atomic E-state index is -0.555. The summed E-state index contributed by atoms with van der Waals surface area (Å²) in [5, 5.41) is 14.6. The lowest BCUT2D eigenvalue weighted by molar-refractivity contribution is -0.385. The molecule has 0 saturated carbocycles. The summed E-state index contributed by atoms with van der Waals surface area (Å²) in [5.41, 5.74) is 1.30. The number of carbonyl (C=O) groups excluding carboxylic acids is 1. The number of benzene rings is 2. The zero-order chi connectivity index (χ0) is 16.4. The van der Waals surface area contributed by atoms with Crippen molar-refractivity contribution in [3.63, 3.8) is 0 Å². The van der Waals surface area contributed by atoms with Gasteiger partial charge in [-0.2, -0.15) is 0 Å². The van der Waals surface area contributed by atoms with Crippen molar-refractivity contribution in [3.05, 3.63) is 64.3 Å². The molecule has 116 valence electrons. The minimum absolute atomic E-state index is 0.138. The zero-order valence-corrected chi connectivity index (χ0v) is 12.2. The number of nitrogens with one attached hydrogen (secondary N) is 2. The number of carbonyl (C=O) groups is 1. The van der Waals surface area contributed by atoms with Crippen LogP contribution in [0.4, 0.5) is 11.4 Å². The summed E-state index contributed by atoms with van der Waals surface area (Å²) >= 11 is 0. The van der Waals surface area contributed by atoms with E-state index in [4.69, 9.17) is 4.74 Å². The zero-order valence-electron chi connectivity index (χ0n) is 12.2. The molecule has 0 unspecified atom stereocenters. The number of fused-ring (bicyclic) bond motifs is 1. The number of H-pyrrole nitrogens is 1. The maximum atomic E-state index is 12.4. The maximum Gasteiger partial charge on any atom is 0.312 e. The largest absolute Gasteiger partial charge is 0.490 e. The van der Waals surface area contributed by atoms with Crippen LogP contribution in [0.25, 0.3) is 10.9 Å². The highest BCUT2D eigenvalue weighted by molar-refractivity contribution is 6.12. The summed E-state index contributed by atoms with van der Waals surface area (Å²) in [5.74, 6) is -0.211. The fourth-order valence-electron chi connectivity index (χ4n) is 2.38. The molecule has 0 atom stereocenters. The Balaban J connectivity index is 1.93. The van der Waals surface area contributed by atoms with Gasteiger partial charge in [0, 0.05) is 23.3 Å². The van der Waals surface area contributed by atoms with Crippen molar-refractivity contribution in [1.29, 1.82) is 0 Å². The van der Waals surface area contributed by atoms with Gasteiger partial charge in [0.1, 0.15) is 0 Å². The molecule has 0 bridgehead atoms. The van der Waals surface area contributed by atoms with Gasteiger partial charge >= 0.3 is 5.69 Å². The summed E-state index contributed by atoms with van der Waals surface area (Å²) in [6, 6.07) is 11.5. The number of amides is 1. The monoisotopic (exact) mass is 311 g/mol. The van der Waals surface area contributed by atoms with Crippen molar-refractivity contribution in [1.82, 2.24) is 4.98 Å². The van der Waals surface area contributed by atoms with Crippen LogP contribution in [0, 0.1) is 10.1 Å². The van der Waals surface area contributed by atoms with Crippen molar-refractivity contribution in [2.24, 2.45) is 0 Å². The molecule has 23 heavy (non-hydrogen) atoms. The van der Waals surface area contributed by atoms with Crippen LogP contribution in [0.15, 0.2) is 48.7 Å². The number of rotatable bonds is 4. The number of nitro benzene ring substituents is 1. The summed E-state index contributed by atoms with van der Waals surface area (Å²) in [6.07, 6.45) is 1.75. The smallest absolute Gasteiger partial charge is 0.312 e. The SMILES string of the molecule is COc1ccc(NC(=O)c2cccc3cc[nH]c23)cc1[N+](=O)[O-]. The van der Waals surface area contributed by atoms with Gasteiger partial charge in [-0.15, -0.1) is 0 Å². The van der Waals surface area contributed by atoms with E-state index in [0.717, 1.165) is 5.39 Å². The van der Waals surface area contributed by atoms with Crippen LogP contribution < -0.4 is 10.1 Å². The van der Waals surface area contributed by atoms with E-state index in [1.807, 2.05) is 12.1 Å². The second-order valence-corrected chi connectivity index (χ2v) is 4.85. The molecule has 0 aliphatic carbocycles. The molecule has 3 rings (SSSR count). The van der Waals surface area contributed by atoms with E-state index in [1.165, 1.54) is 19.2 Å². The topological polar surface area (TPSA) is 97.3 Å². The average molecular weight is 311 g/mol. The lowest BCUT2D eigenvalue weighted by Crippen LogP contribution is -2.12. The molecule has 1 aromatic heterocycles. The van der Waals surface area contributed by atoms with Crippen molar-refractivity contribution in [2.45, 2.75) is 0 Å². The summed E-state index contributed by atoms with van der Waals surface area (Å²) in [6.45, 7) is 0. The number of nitro groups is 1. The second-order valence-electron chi connectivity index (χ2n) is 4.85. The van der Waals surface area contributed by atoms with Gasteiger partial charge < -0.3 is 15.0 Å². The number of hydrogen-bond donors (Lipinski definition) is 2. The van der Waals surface area contributed by atoms with E-state index >= 15 is 0 Å². The Hall–Kier alpha value is -3.35. The Morgan fingerprint density at radius 1 is 1.26 bits per heavy atom. The Morgan fingerprint density at radius 3 is 2.83 bits per heavy atom. The third kappa shape index (κ3) is 2.71. The highest BCUT2D eigenvalue weighted by atomic mass is 16.6. The van der Waals surface area contributed by atoms with Crippen molar-refractivity contribution in [2.75, 3.05) is 12.4 Å². The molecule has 0 aliphatic heterocycles. The number of aromatic amines is 1. The quantitative estimate of drug-likeness (QED) is 0.570. The maximum absolute atomic E-state index is 12.4. The minimum Gasteiger partial charge on any atom is -0.490 e. The molecule has 7 heteroatoms.